The van der Waals surface area contributed by atoms with E-state index in [-0.39, 0.29) is 66.7 Å². The molecule has 0 saturated heterocycles. The number of fused-ring (bicyclic) bond motifs is 8. The molecule has 0 radical (unpaired) electrons. The highest BCUT2D eigenvalue weighted by Gasteiger charge is 2.18. The second-order valence-corrected chi connectivity index (χ2v) is 12.4. The van der Waals surface area contributed by atoms with Gasteiger partial charge in [0, 0.05) is 42.3 Å². The average molecular weight is 660 g/mol. The van der Waals surface area contributed by atoms with Crippen LogP contribution in [0.4, 0.5) is 17.1 Å². The van der Waals surface area contributed by atoms with E-state index >= 15 is 0 Å². The molecule has 230 valence electrons. The van der Waals surface area contributed by atoms with Gasteiger partial charge in [-0.3, -0.25) is 0 Å². The summed E-state index contributed by atoms with van der Waals surface area (Å²) >= 11 is 1.55. The van der Waals surface area contributed by atoms with E-state index in [1.165, 1.54) is 12.1 Å². The quantitative estimate of drug-likeness (QED) is 0.183. The Labute approximate surface area is 310 Å². The van der Waals surface area contributed by atoms with Crippen molar-refractivity contribution < 1.29 is 26.3 Å². The standard InChI is InChI=1S/C46H29NOS/c1-2-9-35(10-3-1)47(40-13-8-16-44-46(40)39-12-5-7-15-43(39)49-44)36-25-21-31(22-26-36)30-17-19-32(20-18-30)33-23-27-37-34(29-33)24-28-42-45(37)38-11-4-6-14-41(38)48-42/h1-29H/i1D,2D,3D,4D,6D,9D,10D,11D,14D,17D,18D,19D,20D,24D,27D,28D. The number of hydrogen-bond acceptors (Lipinski definition) is 3. The fourth-order valence-electron chi connectivity index (χ4n) is 6.28. The van der Waals surface area contributed by atoms with Crippen LogP contribution in [0, 0.1) is 0 Å². The fraction of sp³-hybridized carbons (Fsp3) is 0. The molecule has 10 rings (SSSR count). The number of benzene rings is 8. The molecule has 0 atom stereocenters. The Bertz CT molecular complexity index is 3690. The normalized spacial score (nSPS) is 16.2. The van der Waals surface area contributed by atoms with Crippen LogP contribution in [0.3, 0.4) is 0 Å². The second kappa shape index (κ2) is 11.2. The number of furan rings is 1. The van der Waals surface area contributed by atoms with Crippen LogP contribution in [-0.2, 0) is 0 Å². The monoisotopic (exact) mass is 659 g/mol. The Balaban J connectivity index is 1.14. The van der Waals surface area contributed by atoms with Crippen LogP contribution in [0.25, 0.3) is 75.1 Å². The highest BCUT2D eigenvalue weighted by atomic mass is 32.1. The van der Waals surface area contributed by atoms with Crippen molar-refractivity contribution in [3.63, 3.8) is 0 Å². The second-order valence-electron chi connectivity index (χ2n) is 11.3. The Morgan fingerprint density at radius 3 is 2.08 bits per heavy atom. The zero-order valence-corrected chi connectivity index (χ0v) is 26.1. The minimum absolute atomic E-state index is 0.00597. The first-order valence-electron chi connectivity index (χ1n) is 23.3. The lowest BCUT2D eigenvalue weighted by atomic mass is 9.96. The van der Waals surface area contributed by atoms with Crippen LogP contribution in [0.1, 0.15) is 21.9 Å². The van der Waals surface area contributed by atoms with Crippen LogP contribution in [0.2, 0.25) is 0 Å². The summed E-state index contributed by atoms with van der Waals surface area (Å²) in [6.07, 6.45) is 0. The molecule has 49 heavy (non-hydrogen) atoms. The summed E-state index contributed by atoms with van der Waals surface area (Å²) in [6.45, 7) is 0. The van der Waals surface area contributed by atoms with Gasteiger partial charge in [-0.1, -0.05) is 115 Å². The maximum absolute atomic E-state index is 9.18. The molecule has 0 spiro atoms. The Morgan fingerprint density at radius 1 is 0.469 bits per heavy atom. The first kappa shape index (κ1) is 16.3. The minimum atomic E-state index is -0.546. The van der Waals surface area contributed by atoms with E-state index in [0.29, 0.717) is 11.4 Å². The number of para-hydroxylation sites is 2. The molecular formula is C46H29NOS. The smallest absolute Gasteiger partial charge is 0.136 e. The van der Waals surface area contributed by atoms with Gasteiger partial charge in [-0.2, -0.15) is 0 Å². The van der Waals surface area contributed by atoms with Gasteiger partial charge in [-0.05, 0) is 93.6 Å². The van der Waals surface area contributed by atoms with Crippen LogP contribution in [0.5, 0.6) is 0 Å². The van der Waals surface area contributed by atoms with Gasteiger partial charge in [-0.25, -0.2) is 0 Å². The summed E-state index contributed by atoms with van der Waals surface area (Å²) in [6, 6.07) is 15.1. The van der Waals surface area contributed by atoms with Crippen molar-refractivity contribution >= 4 is 81.3 Å². The summed E-state index contributed by atoms with van der Waals surface area (Å²) in [5.74, 6) is 0. The molecule has 10 aromatic rings. The number of rotatable bonds is 5. The summed E-state index contributed by atoms with van der Waals surface area (Å²) in [4.78, 5) is 1.60. The molecule has 8 aromatic carbocycles. The molecule has 0 amide bonds. The fourth-order valence-corrected chi connectivity index (χ4v) is 7.41. The molecular weight excluding hydrogens is 615 g/mol. The topological polar surface area (TPSA) is 16.4 Å². The summed E-state index contributed by atoms with van der Waals surface area (Å²) < 4.78 is 148. The maximum atomic E-state index is 9.18. The summed E-state index contributed by atoms with van der Waals surface area (Å²) in [5, 5.41) is 1.76. The van der Waals surface area contributed by atoms with E-state index < -0.39 is 90.6 Å². The lowest BCUT2D eigenvalue weighted by molar-refractivity contribution is 0.669. The third kappa shape index (κ3) is 4.62. The highest BCUT2D eigenvalue weighted by Crippen LogP contribution is 2.45. The molecule has 2 heterocycles. The maximum Gasteiger partial charge on any atom is 0.136 e. The van der Waals surface area contributed by atoms with Gasteiger partial charge < -0.3 is 9.32 Å². The molecule has 0 aliphatic carbocycles. The van der Waals surface area contributed by atoms with E-state index in [1.54, 1.807) is 40.5 Å². The molecule has 0 aliphatic rings. The molecule has 0 aliphatic heterocycles. The predicted molar refractivity (Wildman–Crippen MR) is 210 cm³/mol. The molecule has 0 unspecified atom stereocenters. The number of thiophene rings is 1. The summed E-state index contributed by atoms with van der Waals surface area (Å²) in [5.41, 5.74) is 0.508. The lowest BCUT2D eigenvalue weighted by Crippen LogP contribution is -2.10. The first-order valence-corrected chi connectivity index (χ1v) is 16.1. The van der Waals surface area contributed by atoms with Gasteiger partial charge >= 0.3 is 0 Å². The van der Waals surface area contributed by atoms with Crippen molar-refractivity contribution in [3.8, 4) is 22.3 Å². The molecule has 0 saturated carbocycles. The van der Waals surface area contributed by atoms with Gasteiger partial charge in [0.25, 0.3) is 0 Å². The zero-order chi connectivity index (χ0) is 46.2. The van der Waals surface area contributed by atoms with Crippen molar-refractivity contribution in [1.82, 2.24) is 0 Å². The summed E-state index contributed by atoms with van der Waals surface area (Å²) in [7, 11) is 0. The van der Waals surface area contributed by atoms with Crippen LogP contribution in [0.15, 0.2) is 180 Å². The van der Waals surface area contributed by atoms with Crippen LogP contribution >= 0.6 is 11.3 Å². The molecule has 3 heteroatoms. The molecule has 0 N–H and O–H groups in total. The van der Waals surface area contributed by atoms with Crippen molar-refractivity contribution in [2.24, 2.45) is 0 Å². The average Bonchev–Trinajstić information content (AvgIpc) is 3.89. The predicted octanol–water partition coefficient (Wildman–Crippen LogP) is 13.9. The van der Waals surface area contributed by atoms with Gasteiger partial charge in [0.15, 0.2) is 0 Å². The highest BCUT2D eigenvalue weighted by molar-refractivity contribution is 7.26. The van der Waals surface area contributed by atoms with Gasteiger partial charge in [0.2, 0.25) is 0 Å². The van der Waals surface area contributed by atoms with E-state index in [4.69, 9.17) is 20.9 Å². The number of nitrogens with zero attached hydrogens (tertiary/aromatic N) is 1. The molecule has 2 nitrogen and oxygen atoms in total. The van der Waals surface area contributed by atoms with Gasteiger partial charge in [0.05, 0.1) is 27.6 Å². The third-order valence-corrected chi connectivity index (χ3v) is 9.63. The Morgan fingerprint density at radius 2 is 1.22 bits per heavy atom. The number of anilines is 3. The van der Waals surface area contributed by atoms with E-state index in [9.17, 15) is 5.48 Å². The minimum Gasteiger partial charge on any atom is -0.456 e. The SMILES string of the molecule is [2H]c1c([2H])c([2H])c(N(c2ccc(-c3c([2H])c([2H])c(-c4cc([2H])c5c(c4)c([2H])c([2H])c4oc6c([2H])c([2H])c([2H])c([2H])c6c45)c([2H])c3[2H])cc2)c2cccc3sc4ccccc4c23)c([2H])c1[2H]. The number of hydrogen-bond donors (Lipinski definition) is 0. The van der Waals surface area contributed by atoms with Crippen molar-refractivity contribution in [2.75, 3.05) is 4.90 Å². The van der Waals surface area contributed by atoms with Crippen molar-refractivity contribution in [3.05, 3.63) is 176 Å². The van der Waals surface area contributed by atoms with E-state index in [0.717, 1.165) is 20.2 Å². The molecule has 2 aromatic heterocycles. The van der Waals surface area contributed by atoms with Crippen LogP contribution in [-0.4, -0.2) is 0 Å². The molecule has 0 fully saturated rings. The van der Waals surface area contributed by atoms with Gasteiger partial charge in [-0.15, -0.1) is 11.3 Å². The lowest BCUT2D eigenvalue weighted by Gasteiger charge is -2.26. The van der Waals surface area contributed by atoms with Crippen molar-refractivity contribution in [2.45, 2.75) is 0 Å². The zero-order valence-electron chi connectivity index (χ0n) is 41.3. The third-order valence-electron chi connectivity index (χ3n) is 8.50. The van der Waals surface area contributed by atoms with Crippen LogP contribution < -0.4 is 4.90 Å². The Kier molecular flexibility index (Phi) is 3.73. The van der Waals surface area contributed by atoms with Crippen molar-refractivity contribution in [1.29, 1.82) is 0 Å². The van der Waals surface area contributed by atoms with Gasteiger partial charge in [0.1, 0.15) is 11.2 Å². The Hall–Kier alpha value is -6.16. The van der Waals surface area contributed by atoms with E-state index in [2.05, 4.69) is 0 Å². The molecule has 0 bridgehead atoms. The largest absolute Gasteiger partial charge is 0.456 e. The van der Waals surface area contributed by atoms with E-state index in [1.807, 2.05) is 42.5 Å². The first-order chi connectivity index (χ1) is 30.9.